The minimum atomic E-state index is -0.0296. The number of aryl methyl sites for hydroxylation is 1. The first-order valence-electron chi connectivity index (χ1n) is 4.68. The van der Waals surface area contributed by atoms with Gasteiger partial charge >= 0.3 is 0 Å². The van der Waals surface area contributed by atoms with E-state index in [2.05, 4.69) is 21.2 Å². The third-order valence-electron chi connectivity index (χ3n) is 2.01. The average Bonchev–Trinajstić information content (AvgIpc) is 2.20. The van der Waals surface area contributed by atoms with Crippen LogP contribution in [0.3, 0.4) is 0 Å². The van der Waals surface area contributed by atoms with Gasteiger partial charge in [0.1, 0.15) is 0 Å². The van der Waals surface area contributed by atoms with Crippen molar-refractivity contribution < 1.29 is 9.53 Å². The summed E-state index contributed by atoms with van der Waals surface area (Å²) in [6.45, 7) is 2.40. The maximum absolute atomic E-state index is 11.4. The third kappa shape index (κ3) is 4.01. The number of methoxy groups -OCH3 is 1. The lowest BCUT2D eigenvalue weighted by Gasteiger charge is -2.08. The molecular weight excluding hydrogens is 258 g/mol. The molecule has 0 heterocycles. The molecule has 0 saturated carbocycles. The Hall–Kier alpha value is -0.870. The zero-order chi connectivity index (χ0) is 11.3. The highest BCUT2D eigenvalue weighted by atomic mass is 79.9. The first-order chi connectivity index (χ1) is 7.13. The zero-order valence-electron chi connectivity index (χ0n) is 8.84. The summed E-state index contributed by atoms with van der Waals surface area (Å²) in [5.41, 5.74) is 1.88. The minimum absolute atomic E-state index is 0.0296. The Labute approximate surface area is 97.9 Å². The Morgan fingerprint density at radius 2 is 2.27 bits per heavy atom. The second-order valence-electron chi connectivity index (χ2n) is 3.25. The lowest BCUT2D eigenvalue weighted by Crippen LogP contribution is -2.14. The van der Waals surface area contributed by atoms with Crippen molar-refractivity contribution in [2.45, 2.75) is 13.3 Å². The fraction of sp³-hybridized carbons (Fsp3) is 0.364. The molecule has 0 radical (unpaired) electrons. The molecule has 0 atom stereocenters. The molecule has 1 N–H and O–H groups in total. The lowest BCUT2D eigenvalue weighted by molar-refractivity contribution is -0.117. The predicted octanol–water partition coefficient (Wildman–Crippen LogP) is 2.73. The van der Waals surface area contributed by atoms with Crippen molar-refractivity contribution in [2.75, 3.05) is 19.0 Å². The molecule has 0 aliphatic rings. The Morgan fingerprint density at radius 1 is 1.53 bits per heavy atom. The maximum Gasteiger partial charge on any atom is 0.226 e. The van der Waals surface area contributed by atoms with Crippen LogP contribution in [0, 0.1) is 6.92 Å². The second kappa shape index (κ2) is 5.88. The van der Waals surface area contributed by atoms with Crippen LogP contribution in [0.4, 0.5) is 5.69 Å². The number of rotatable bonds is 4. The van der Waals surface area contributed by atoms with Crippen molar-refractivity contribution in [1.82, 2.24) is 0 Å². The van der Waals surface area contributed by atoms with Gasteiger partial charge < -0.3 is 10.1 Å². The number of hydrogen-bond donors (Lipinski definition) is 1. The van der Waals surface area contributed by atoms with E-state index in [4.69, 9.17) is 4.74 Å². The normalized spacial score (nSPS) is 10.1. The van der Waals surface area contributed by atoms with Crippen molar-refractivity contribution in [1.29, 1.82) is 0 Å². The van der Waals surface area contributed by atoms with Gasteiger partial charge in [-0.05, 0) is 24.6 Å². The fourth-order valence-corrected chi connectivity index (χ4v) is 1.50. The molecule has 0 bridgehead atoms. The van der Waals surface area contributed by atoms with Crippen molar-refractivity contribution in [3.8, 4) is 0 Å². The summed E-state index contributed by atoms with van der Waals surface area (Å²) < 4.78 is 5.79. The first kappa shape index (κ1) is 12.2. The Balaban J connectivity index is 2.63. The van der Waals surface area contributed by atoms with Gasteiger partial charge in [0.25, 0.3) is 0 Å². The van der Waals surface area contributed by atoms with E-state index in [0.29, 0.717) is 13.0 Å². The highest BCUT2D eigenvalue weighted by Crippen LogP contribution is 2.20. The molecular formula is C11H14BrNO2. The Morgan fingerprint density at radius 3 is 2.93 bits per heavy atom. The maximum atomic E-state index is 11.4. The van der Waals surface area contributed by atoms with E-state index >= 15 is 0 Å². The number of amides is 1. The van der Waals surface area contributed by atoms with E-state index < -0.39 is 0 Å². The standard InChI is InChI=1S/C11H14BrNO2/c1-8-3-4-9(12)7-10(8)13-11(14)5-6-15-2/h3-4,7H,5-6H2,1-2H3,(H,13,14). The Kier molecular flexibility index (Phi) is 4.78. The predicted molar refractivity (Wildman–Crippen MR) is 64.0 cm³/mol. The van der Waals surface area contributed by atoms with Crippen molar-refractivity contribution in [3.05, 3.63) is 28.2 Å². The number of carbonyl (C=O) groups is 1. The summed E-state index contributed by atoms with van der Waals surface area (Å²) in [5.74, 6) is -0.0296. The molecule has 1 amide bonds. The number of ether oxygens (including phenoxy) is 1. The molecule has 15 heavy (non-hydrogen) atoms. The number of halogens is 1. The molecule has 3 nitrogen and oxygen atoms in total. The van der Waals surface area contributed by atoms with Crippen LogP contribution in [0.2, 0.25) is 0 Å². The van der Waals surface area contributed by atoms with Gasteiger partial charge in [0.15, 0.2) is 0 Å². The molecule has 82 valence electrons. The van der Waals surface area contributed by atoms with Gasteiger partial charge in [0.05, 0.1) is 13.0 Å². The van der Waals surface area contributed by atoms with Gasteiger partial charge in [-0.15, -0.1) is 0 Å². The van der Waals surface area contributed by atoms with Crippen molar-refractivity contribution >= 4 is 27.5 Å². The zero-order valence-corrected chi connectivity index (χ0v) is 10.4. The number of nitrogens with one attached hydrogen (secondary N) is 1. The van der Waals surface area contributed by atoms with E-state index in [1.54, 1.807) is 7.11 Å². The SMILES string of the molecule is COCCC(=O)Nc1cc(Br)ccc1C. The van der Waals surface area contributed by atoms with Crippen LogP contribution >= 0.6 is 15.9 Å². The van der Waals surface area contributed by atoms with Crippen LogP contribution in [0.5, 0.6) is 0 Å². The van der Waals surface area contributed by atoms with Gasteiger partial charge in [-0.1, -0.05) is 22.0 Å². The summed E-state index contributed by atoms with van der Waals surface area (Å²) in [6.07, 6.45) is 0.377. The molecule has 0 spiro atoms. The molecule has 1 rings (SSSR count). The fourth-order valence-electron chi connectivity index (χ4n) is 1.14. The smallest absolute Gasteiger partial charge is 0.226 e. The third-order valence-corrected chi connectivity index (χ3v) is 2.50. The van der Waals surface area contributed by atoms with Crippen LogP contribution in [0.15, 0.2) is 22.7 Å². The highest BCUT2D eigenvalue weighted by molar-refractivity contribution is 9.10. The van der Waals surface area contributed by atoms with E-state index in [-0.39, 0.29) is 5.91 Å². The van der Waals surface area contributed by atoms with Crippen LogP contribution < -0.4 is 5.32 Å². The van der Waals surface area contributed by atoms with Crippen LogP contribution in [-0.4, -0.2) is 19.6 Å². The molecule has 0 fully saturated rings. The molecule has 0 saturated heterocycles. The van der Waals surface area contributed by atoms with Gasteiger partial charge in [0, 0.05) is 17.3 Å². The summed E-state index contributed by atoms with van der Waals surface area (Å²) in [7, 11) is 1.58. The summed E-state index contributed by atoms with van der Waals surface area (Å²) in [4.78, 5) is 11.4. The van der Waals surface area contributed by atoms with Gasteiger partial charge in [-0.25, -0.2) is 0 Å². The van der Waals surface area contributed by atoms with Gasteiger partial charge in [0.2, 0.25) is 5.91 Å². The summed E-state index contributed by atoms with van der Waals surface area (Å²) in [6, 6.07) is 5.79. The number of anilines is 1. The Bertz CT molecular complexity index is 352. The topological polar surface area (TPSA) is 38.3 Å². The van der Waals surface area contributed by atoms with Crippen LogP contribution in [0.1, 0.15) is 12.0 Å². The lowest BCUT2D eigenvalue weighted by atomic mass is 10.2. The monoisotopic (exact) mass is 271 g/mol. The summed E-state index contributed by atoms with van der Waals surface area (Å²) >= 11 is 3.36. The second-order valence-corrected chi connectivity index (χ2v) is 4.17. The molecule has 0 aliphatic carbocycles. The highest BCUT2D eigenvalue weighted by Gasteiger charge is 2.04. The molecule has 0 aromatic heterocycles. The van der Waals surface area contributed by atoms with E-state index in [9.17, 15) is 4.79 Å². The first-order valence-corrected chi connectivity index (χ1v) is 5.47. The molecule has 4 heteroatoms. The number of hydrogen-bond acceptors (Lipinski definition) is 2. The molecule has 0 unspecified atom stereocenters. The molecule has 1 aromatic rings. The average molecular weight is 272 g/mol. The van der Waals surface area contributed by atoms with Crippen molar-refractivity contribution in [2.24, 2.45) is 0 Å². The van der Waals surface area contributed by atoms with E-state index in [1.165, 1.54) is 0 Å². The van der Waals surface area contributed by atoms with Crippen LogP contribution in [0.25, 0.3) is 0 Å². The molecule has 0 aliphatic heterocycles. The van der Waals surface area contributed by atoms with Gasteiger partial charge in [-0.2, -0.15) is 0 Å². The largest absolute Gasteiger partial charge is 0.384 e. The van der Waals surface area contributed by atoms with E-state index in [1.807, 2.05) is 25.1 Å². The molecule has 1 aromatic carbocycles. The number of benzene rings is 1. The minimum Gasteiger partial charge on any atom is -0.384 e. The quantitative estimate of drug-likeness (QED) is 0.915. The van der Waals surface area contributed by atoms with Crippen LogP contribution in [-0.2, 0) is 9.53 Å². The summed E-state index contributed by atoms with van der Waals surface area (Å²) in [5, 5.41) is 2.84. The van der Waals surface area contributed by atoms with Gasteiger partial charge in [-0.3, -0.25) is 4.79 Å². The number of carbonyl (C=O) groups excluding carboxylic acids is 1. The van der Waals surface area contributed by atoms with E-state index in [0.717, 1.165) is 15.7 Å². The van der Waals surface area contributed by atoms with Crippen molar-refractivity contribution in [3.63, 3.8) is 0 Å².